The quantitative estimate of drug-likeness (QED) is 0.600. The molecule has 0 aliphatic heterocycles. The highest BCUT2D eigenvalue weighted by Gasteiger charge is 2.05. The monoisotopic (exact) mass is 218 g/mol. The van der Waals surface area contributed by atoms with Crippen molar-refractivity contribution in [3.05, 3.63) is 41.3 Å². The van der Waals surface area contributed by atoms with Gasteiger partial charge in [0.1, 0.15) is 0 Å². The molecule has 5 heteroatoms. The number of hydrazine groups is 1. The first kappa shape index (κ1) is 10.6. The Labute approximate surface area is 93.6 Å². The molecule has 0 amide bonds. The third-order valence-electron chi connectivity index (χ3n) is 2.46. The topological polar surface area (TPSA) is 77.0 Å². The lowest BCUT2D eigenvalue weighted by Crippen LogP contribution is -2.06. The summed E-state index contributed by atoms with van der Waals surface area (Å²) < 4.78 is 5.24. The van der Waals surface area contributed by atoms with Crippen LogP contribution in [0.25, 0.3) is 0 Å². The molecule has 1 heterocycles. The molecule has 2 rings (SSSR count). The van der Waals surface area contributed by atoms with Crippen LogP contribution in [-0.4, -0.2) is 10.2 Å². The van der Waals surface area contributed by atoms with E-state index in [4.69, 9.17) is 10.3 Å². The summed E-state index contributed by atoms with van der Waals surface area (Å²) in [6.07, 6.45) is 1.61. The molecule has 0 atom stereocenters. The number of nitrogen functional groups attached to an aromatic ring is 1. The van der Waals surface area contributed by atoms with Crippen molar-refractivity contribution in [2.24, 2.45) is 5.84 Å². The van der Waals surface area contributed by atoms with E-state index in [1.807, 2.05) is 12.1 Å². The summed E-state index contributed by atoms with van der Waals surface area (Å²) in [6.45, 7) is 2.09. The maximum atomic E-state index is 5.24. The normalized spacial score (nSPS) is 10.4. The predicted molar refractivity (Wildman–Crippen MR) is 60.7 cm³/mol. The third-order valence-corrected chi connectivity index (χ3v) is 2.46. The molecule has 0 saturated heterocycles. The largest absolute Gasteiger partial charge is 0.407 e. The van der Waals surface area contributed by atoms with Gasteiger partial charge < -0.3 is 4.42 Å². The lowest BCUT2D eigenvalue weighted by Gasteiger charge is -2.02. The number of nitrogens with zero attached hydrogens (tertiary/aromatic N) is 2. The molecule has 2 aromatic rings. The summed E-state index contributed by atoms with van der Waals surface area (Å²) in [6, 6.07) is 8.51. The number of anilines is 1. The van der Waals surface area contributed by atoms with Crippen LogP contribution in [0.4, 0.5) is 6.01 Å². The Morgan fingerprint density at radius 3 is 2.75 bits per heavy atom. The minimum Gasteiger partial charge on any atom is -0.407 e. The number of benzene rings is 1. The summed E-state index contributed by atoms with van der Waals surface area (Å²) in [5.41, 5.74) is 4.89. The van der Waals surface area contributed by atoms with Crippen molar-refractivity contribution in [1.82, 2.24) is 10.2 Å². The Balaban J connectivity index is 1.99. The number of aryl methyl sites for hydroxylation is 3. The summed E-state index contributed by atoms with van der Waals surface area (Å²) in [5.74, 6) is 5.74. The Kier molecular flexibility index (Phi) is 3.16. The van der Waals surface area contributed by atoms with E-state index in [1.54, 1.807) is 0 Å². The van der Waals surface area contributed by atoms with Gasteiger partial charge in [0.05, 0.1) is 0 Å². The van der Waals surface area contributed by atoms with Crippen molar-refractivity contribution in [3.8, 4) is 0 Å². The van der Waals surface area contributed by atoms with Gasteiger partial charge in [-0.2, -0.15) is 0 Å². The number of nitrogens with two attached hydrogens (primary N) is 1. The second-order valence-corrected chi connectivity index (χ2v) is 3.57. The van der Waals surface area contributed by atoms with E-state index in [0.29, 0.717) is 5.89 Å². The average molecular weight is 218 g/mol. The highest BCUT2D eigenvalue weighted by atomic mass is 16.4. The van der Waals surface area contributed by atoms with Gasteiger partial charge in [0.25, 0.3) is 0 Å². The van der Waals surface area contributed by atoms with Gasteiger partial charge in [-0.3, -0.25) is 5.43 Å². The van der Waals surface area contributed by atoms with E-state index in [0.717, 1.165) is 12.8 Å². The lowest BCUT2D eigenvalue weighted by molar-refractivity contribution is 0.504. The molecule has 0 aliphatic rings. The van der Waals surface area contributed by atoms with Gasteiger partial charge in [0.15, 0.2) is 0 Å². The summed E-state index contributed by atoms with van der Waals surface area (Å²) in [7, 11) is 0. The number of aromatic nitrogens is 2. The van der Waals surface area contributed by atoms with Gasteiger partial charge in [-0.15, -0.1) is 5.10 Å². The zero-order valence-corrected chi connectivity index (χ0v) is 9.10. The van der Waals surface area contributed by atoms with E-state index in [-0.39, 0.29) is 6.01 Å². The Hall–Kier alpha value is -1.88. The van der Waals surface area contributed by atoms with E-state index in [1.165, 1.54) is 11.1 Å². The zero-order valence-electron chi connectivity index (χ0n) is 9.10. The summed E-state index contributed by atoms with van der Waals surface area (Å²) >= 11 is 0. The highest BCUT2D eigenvalue weighted by Crippen LogP contribution is 2.11. The molecule has 0 radical (unpaired) electrons. The Morgan fingerprint density at radius 1 is 1.25 bits per heavy atom. The molecule has 0 saturated carbocycles. The van der Waals surface area contributed by atoms with E-state index in [9.17, 15) is 0 Å². The van der Waals surface area contributed by atoms with Crippen LogP contribution in [0.1, 0.15) is 17.0 Å². The molecule has 5 nitrogen and oxygen atoms in total. The maximum absolute atomic E-state index is 5.24. The fraction of sp³-hybridized carbons (Fsp3) is 0.273. The summed E-state index contributed by atoms with van der Waals surface area (Å²) in [4.78, 5) is 0. The fourth-order valence-electron chi connectivity index (χ4n) is 1.55. The molecular formula is C11H14N4O. The maximum Gasteiger partial charge on any atom is 0.330 e. The van der Waals surface area contributed by atoms with Crippen LogP contribution in [0.15, 0.2) is 28.7 Å². The first-order valence-electron chi connectivity index (χ1n) is 5.13. The van der Waals surface area contributed by atoms with E-state index >= 15 is 0 Å². The van der Waals surface area contributed by atoms with Gasteiger partial charge >= 0.3 is 6.01 Å². The van der Waals surface area contributed by atoms with Crippen molar-refractivity contribution in [1.29, 1.82) is 0 Å². The molecule has 0 bridgehead atoms. The molecule has 0 unspecified atom stereocenters. The van der Waals surface area contributed by atoms with Crippen molar-refractivity contribution in [2.75, 3.05) is 5.43 Å². The van der Waals surface area contributed by atoms with Crippen LogP contribution in [-0.2, 0) is 12.8 Å². The third kappa shape index (κ3) is 2.38. The Bertz CT molecular complexity index is 467. The first-order valence-corrected chi connectivity index (χ1v) is 5.13. The molecule has 1 aromatic heterocycles. The van der Waals surface area contributed by atoms with Crippen molar-refractivity contribution in [3.63, 3.8) is 0 Å². The summed E-state index contributed by atoms with van der Waals surface area (Å²) in [5, 5.41) is 7.59. The van der Waals surface area contributed by atoms with Crippen LogP contribution in [0.5, 0.6) is 0 Å². The van der Waals surface area contributed by atoms with Gasteiger partial charge in [-0.1, -0.05) is 29.4 Å². The first-order chi connectivity index (χ1) is 7.79. The molecule has 16 heavy (non-hydrogen) atoms. The smallest absolute Gasteiger partial charge is 0.330 e. The van der Waals surface area contributed by atoms with E-state index < -0.39 is 0 Å². The van der Waals surface area contributed by atoms with Crippen LogP contribution < -0.4 is 11.3 Å². The average Bonchev–Trinajstić information content (AvgIpc) is 2.76. The molecule has 0 aliphatic carbocycles. The molecule has 84 valence electrons. The van der Waals surface area contributed by atoms with Gasteiger partial charge in [-0.25, -0.2) is 5.84 Å². The minimum absolute atomic E-state index is 0.250. The standard InChI is InChI=1S/C11H14N4O/c1-8-4-2-3-5-9(8)6-7-10-14-15-11(13-12)16-10/h2-5H,6-7,12H2,1H3,(H,13,15). The predicted octanol–water partition coefficient (Wildman–Crippen LogP) is 1.45. The molecular weight excluding hydrogens is 204 g/mol. The van der Waals surface area contributed by atoms with Crippen LogP contribution in [0.2, 0.25) is 0 Å². The van der Waals surface area contributed by atoms with Crippen LogP contribution in [0, 0.1) is 6.92 Å². The molecule has 1 aromatic carbocycles. The van der Waals surface area contributed by atoms with Crippen molar-refractivity contribution in [2.45, 2.75) is 19.8 Å². The van der Waals surface area contributed by atoms with E-state index in [2.05, 4.69) is 34.7 Å². The molecule has 0 fully saturated rings. The SMILES string of the molecule is Cc1ccccc1CCc1nnc(NN)o1. The second kappa shape index (κ2) is 4.76. The Morgan fingerprint density at radius 2 is 2.06 bits per heavy atom. The van der Waals surface area contributed by atoms with Crippen LogP contribution in [0.3, 0.4) is 0 Å². The fourth-order valence-corrected chi connectivity index (χ4v) is 1.55. The van der Waals surface area contributed by atoms with Gasteiger partial charge in [0.2, 0.25) is 5.89 Å². The van der Waals surface area contributed by atoms with Crippen molar-refractivity contribution < 1.29 is 4.42 Å². The second-order valence-electron chi connectivity index (χ2n) is 3.57. The number of hydrogen-bond acceptors (Lipinski definition) is 5. The molecule has 3 N–H and O–H groups in total. The highest BCUT2D eigenvalue weighted by molar-refractivity contribution is 5.26. The number of rotatable bonds is 4. The lowest BCUT2D eigenvalue weighted by atomic mass is 10.0. The number of nitrogens with one attached hydrogen (secondary N) is 1. The van der Waals surface area contributed by atoms with Crippen LogP contribution >= 0.6 is 0 Å². The zero-order chi connectivity index (χ0) is 11.4. The van der Waals surface area contributed by atoms with Gasteiger partial charge in [-0.05, 0) is 24.5 Å². The molecule has 0 spiro atoms. The van der Waals surface area contributed by atoms with Gasteiger partial charge in [0, 0.05) is 6.42 Å². The minimum atomic E-state index is 0.250. The van der Waals surface area contributed by atoms with Crippen molar-refractivity contribution >= 4 is 6.01 Å². The number of hydrogen-bond donors (Lipinski definition) is 2.